The number of amides is 1. The molecule has 1 unspecified atom stereocenters. The van der Waals surface area contributed by atoms with Crippen LogP contribution in [0.4, 0.5) is 11.4 Å². The van der Waals surface area contributed by atoms with Gasteiger partial charge in [-0.25, -0.2) is 4.79 Å². The second kappa shape index (κ2) is 7.20. The van der Waals surface area contributed by atoms with Gasteiger partial charge < -0.3 is 20.5 Å². The number of nitro groups is 1. The van der Waals surface area contributed by atoms with Gasteiger partial charge in [0, 0.05) is 11.8 Å². The third-order valence-electron chi connectivity index (χ3n) is 2.47. The fourth-order valence-corrected chi connectivity index (χ4v) is 1.47. The molecule has 0 saturated carbocycles. The predicted octanol–water partition coefficient (Wildman–Crippen LogP) is 0.432. The minimum atomic E-state index is -1.51. The van der Waals surface area contributed by atoms with Crippen molar-refractivity contribution < 1.29 is 24.0 Å². The maximum atomic E-state index is 11.7. The number of nitrogens with zero attached hydrogens (tertiary/aromatic N) is 1. The highest BCUT2D eigenvalue weighted by Gasteiger charge is 2.24. The number of nitrogens with two attached hydrogens (primary N) is 1. The number of hydrogen-bond acceptors (Lipinski definition) is 7. The van der Waals surface area contributed by atoms with Gasteiger partial charge in [-0.3, -0.25) is 14.9 Å². The van der Waals surface area contributed by atoms with Gasteiger partial charge in [0.05, 0.1) is 18.6 Å². The fraction of sp³-hybridized carbons (Fsp3) is 0.333. The summed E-state index contributed by atoms with van der Waals surface area (Å²) in [5, 5.41) is 13.2. The molecule has 0 spiro atoms. The zero-order valence-corrected chi connectivity index (χ0v) is 11.5. The van der Waals surface area contributed by atoms with E-state index in [4.69, 9.17) is 10.5 Å². The Morgan fingerprint density at radius 2 is 2.14 bits per heavy atom. The quantitative estimate of drug-likeness (QED) is 0.336. The van der Waals surface area contributed by atoms with E-state index in [1.165, 1.54) is 19.2 Å². The van der Waals surface area contributed by atoms with Gasteiger partial charge in [0.1, 0.15) is 0 Å². The van der Waals surface area contributed by atoms with Gasteiger partial charge >= 0.3 is 11.7 Å². The van der Waals surface area contributed by atoms with Crippen molar-refractivity contribution in [3.8, 4) is 5.75 Å². The number of hydrogen-bond donors (Lipinski definition) is 2. The zero-order valence-electron chi connectivity index (χ0n) is 11.5. The number of carbonyl (C=O) groups is 2. The van der Waals surface area contributed by atoms with E-state index in [-0.39, 0.29) is 23.7 Å². The van der Waals surface area contributed by atoms with E-state index in [1.54, 1.807) is 6.92 Å². The van der Waals surface area contributed by atoms with Gasteiger partial charge in [-0.1, -0.05) is 0 Å². The summed E-state index contributed by atoms with van der Waals surface area (Å²) in [5.41, 5.74) is 5.20. The second-order valence-electron chi connectivity index (χ2n) is 3.86. The summed E-state index contributed by atoms with van der Waals surface area (Å²) in [6, 6.07) is 2.31. The molecule has 0 aromatic heterocycles. The van der Waals surface area contributed by atoms with Gasteiger partial charge in [-0.05, 0) is 19.1 Å². The van der Waals surface area contributed by atoms with Crippen LogP contribution < -0.4 is 15.8 Å². The highest BCUT2D eigenvalue weighted by molar-refractivity contribution is 6.08. The molecule has 0 radical (unpaired) electrons. The number of ether oxygens (including phenoxy) is 2. The SMILES string of the molecule is CCOC(=O)C(N)C(=O)Nc1ccc(OC)c([N+](=O)[O-])c1. The van der Waals surface area contributed by atoms with Crippen LogP contribution in [0.3, 0.4) is 0 Å². The molecule has 1 amide bonds. The van der Waals surface area contributed by atoms with E-state index in [1.807, 2.05) is 0 Å². The van der Waals surface area contributed by atoms with Crippen LogP contribution in [-0.2, 0) is 14.3 Å². The van der Waals surface area contributed by atoms with Gasteiger partial charge in [-0.2, -0.15) is 0 Å². The Morgan fingerprint density at radius 3 is 2.67 bits per heavy atom. The van der Waals surface area contributed by atoms with Crippen molar-refractivity contribution in [2.75, 3.05) is 19.0 Å². The summed E-state index contributed by atoms with van der Waals surface area (Å²) in [4.78, 5) is 33.2. The molecule has 114 valence electrons. The first-order valence-corrected chi connectivity index (χ1v) is 5.96. The number of methoxy groups -OCH3 is 1. The van der Waals surface area contributed by atoms with Crippen molar-refractivity contribution in [3.05, 3.63) is 28.3 Å². The second-order valence-corrected chi connectivity index (χ2v) is 3.86. The molecular formula is C12H15N3O6. The van der Waals surface area contributed by atoms with Gasteiger partial charge in [0.15, 0.2) is 11.8 Å². The molecule has 1 atom stereocenters. The Balaban J connectivity index is 2.88. The van der Waals surface area contributed by atoms with E-state index in [9.17, 15) is 19.7 Å². The standard InChI is InChI=1S/C12H15N3O6/c1-3-21-12(17)10(13)11(16)14-7-4-5-9(20-2)8(6-7)15(18)19/h4-6,10H,3,13H2,1-2H3,(H,14,16). The van der Waals surface area contributed by atoms with Crippen LogP contribution in [0.25, 0.3) is 0 Å². The number of carbonyl (C=O) groups excluding carboxylic acids is 2. The molecule has 0 bridgehead atoms. The maximum Gasteiger partial charge on any atom is 0.332 e. The minimum Gasteiger partial charge on any atom is -0.490 e. The smallest absolute Gasteiger partial charge is 0.332 e. The lowest BCUT2D eigenvalue weighted by Crippen LogP contribution is -2.43. The Labute approximate surface area is 120 Å². The summed E-state index contributed by atoms with van der Waals surface area (Å²) in [5.74, 6) is -1.65. The Morgan fingerprint density at radius 1 is 1.48 bits per heavy atom. The Kier molecular flexibility index (Phi) is 5.61. The van der Waals surface area contributed by atoms with Crippen molar-refractivity contribution >= 4 is 23.3 Å². The molecular weight excluding hydrogens is 282 g/mol. The lowest BCUT2D eigenvalue weighted by atomic mass is 10.2. The highest BCUT2D eigenvalue weighted by Crippen LogP contribution is 2.29. The molecule has 3 N–H and O–H groups in total. The molecule has 0 aliphatic rings. The summed E-state index contributed by atoms with van der Waals surface area (Å²) in [6.07, 6.45) is 0. The number of esters is 1. The van der Waals surface area contributed by atoms with E-state index in [0.29, 0.717) is 0 Å². The van der Waals surface area contributed by atoms with Crippen LogP contribution in [0.5, 0.6) is 5.75 Å². The normalized spacial score (nSPS) is 11.4. The first kappa shape index (κ1) is 16.4. The van der Waals surface area contributed by atoms with E-state index in [2.05, 4.69) is 10.1 Å². The number of benzene rings is 1. The van der Waals surface area contributed by atoms with Gasteiger partial charge in [0.25, 0.3) is 5.91 Å². The summed E-state index contributed by atoms with van der Waals surface area (Å²) < 4.78 is 9.44. The maximum absolute atomic E-state index is 11.7. The monoisotopic (exact) mass is 297 g/mol. The number of nitrogens with one attached hydrogen (secondary N) is 1. The molecule has 0 aliphatic carbocycles. The van der Waals surface area contributed by atoms with Crippen LogP contribution in [-0.4, -0.2) is 36.6 Å². The van der Waals surface area contributed by atoms with Crippen molar-refractivity contribution in [1.29, 1.82) is 0 Å². The van der Waals surface area contributed by atoms with E-state index < -0.39 is 22.8 Å². The minimum absolute atomic E-state index is 0.0488. The average Bonchev–Trinajstić information content (AvgIpc) is 2.46. The van der Waals surface area contributed by atoms with Crippen LogP contribution in [0.2, 0.25) is 0 Å². The summed E-state index contributed by atoms with van der Waals surface area (Å²) in [7, 11) is 1.29. The lowest BCUT2D eigenvalue weighted by molar-refractivity contribution is -0.385. The molecule has 21 heavy (non-hydrogen) atoms. The van der Waals surface area contributed by atoms with E-state index >= 15 is 0 Å². The van der Waals surface area contributed by atoms with Gasteiger partial charge in [0.2, 0.25) is 0 Å². The highest BCUT2D eigenvalue weighted by atomic mass is 16.6. The molecule has 0 saturated heterocycles. The predicted molar refractivity (Wildman–Crippen MR) is 72.9 cm³/mol. The first-order valence-electron chi connectivity index (χ1n) is 5.96. The summed E-state index contributed by atoms with van der Waals surface area (Å²) >= 11 is 0. The van der Waals surface area contributed by atoms with Crippen LogP contribution in [0, 0.1) is 10.1 Å². The van der Waals surface area contributed by atoms with Crippen molar-refractivity contribution in [3.63, 3.8) is 0 Å². The fourth-order valence-electron chi connectivity index (χ4n) is 1.47. The molecule has 0 heterocycles. The average molecular weight is 297 g/mol. The third-order valence-corrected chi connectivity index (χ3v) is 2.47. The molecule has 9 nitrogen and oxygen atoms in total. The van der Waals surface area contributed by atoms with Crippen LogP contribution in [0.1, 0.15) is 6.92 Å². The third kappa shape index (κ3) is 4.14. The lowest BCUT2D eigenvalue weighted by Gasteiger charge is -2.11. The topological polar surface area (TPSA) is 134 Å². The zero-order chi connectivity index (χ0) is 16.0. The number of nitro benzene ring substituents is 1. The Hall–Kier alpha value is -2.68. The van der Waals surface area contributed by atoms with Crippen molar-refractivity contribution in [2.24, 2.45) is 5.73 Å². The molecule has 1 aromatic carbocycles. The van der Waals surface area contributed by atoms with E-state index in [0.717, 1.165) is 6.07 Å². The van der Waals surface area contributed by atoms with Gasteiger partial charge in [-0.15, -0.1) is 0 Å². The number of rotatable bonds is 6. The first-order chi connectivity index (χ1) is 9.90. The molecule has 0 aliphatic heterocycles. The number of anilines is 1. The Bertz CT molecular complexity index is 560. The molecule has 0 fully saturated rings. The molecule has 1 aromatic rings. The van der Waals surface area contributed by atoms with Crippen LogP contribution in [0.15, 0.2) is 18.2 Å². The molecule has 1 rings (SSSR count). The van der Waals surface area contributed by atoms with Crippen molar-refractivity contribution in [1.82, 2.24) is 0 Å². The summed E-state index contributed by atoms with van der Waals surface area (Å²) in [6.45, 7) is 1.67. The van der Waals surface area contributed by atoms with Crippen LogP contribution >= 0.6 is 0 Å². The molecule has 9 heteroatoms. The van der Waals surface area contributed by atoms with Crippen molar-refractivity contribution in [2.45, 2.75) is 13.0 Å². The largest absolute Gasteiger partial charge is 0.490 e.